The van der Waals surface area contributed by atoms with E-state index in [0.717, 1.165) is 5.92 Å². The maximum absolute atomic E-state index is 4.29. The minimum absolute atomic E-state index is 0.684. The molecule has 58 valence electrons. The third-order valence-corrected chi connectivity index (χ3v) is 2.58. The highest BCUT2D eigenvalue weighted by Crippen LogP contribution is 2.40. The van der Waals surface area contributed by atoms with E-state index < -0.39 is 0 Å². The molecule has 0 N–H and O–H groups in total. The van der Waals surface area contributed by atoms with Crippen LogP contribution in [0, 0.1) is 5.92 Å². The highest BCUT2D eigenvalue weighted by molar-refractivity contribution is 5.08. The smallest absolute Gasteiger partial charge is 0.0620 e. The molecular formula is C9H12N2. The van der Waals surface area contributed by atoms with Gasteiger partial charge in [0.2, 0.25) is 0 Å². The zero-order valence-electron chi connectivity index (χ0n) is 6.70. The zero-order chi connectivity index (χ0) is 7.68. The summed E-state index contributed by atoms with van der Waals surface area (Å²) in [5.74, 6) is 1.50. The van der Waals surface area contributed by atoms with E-state index in [-0.39, 0.29) is 0 Å². The van der Waals surface area contributed by atoms with Crippen molar-refractivity contribution in [2.24, 2.45) is 5.92 Å². The molecule has 1 aliphatic carbocycles. The van der Waals surface area contributed by atoms with Crippen molar-refractivity contribution >= 4 is 0 Å². The molecule has 0 amide bonds. The number of nitrogens with zero attached hydrogens (tertiary/aromatic N) is 2. The average molecular weight is 148 g/mol. The summed E-state index contributed by atoms with van der Waals surface area (Å²) in [6.45, 7) is 2.28. The normalized spacial score (nSPS) is 29.5. The minimum atomic E-state index is 0.684. The third kappa shape index (κ3) is 1.13. The molecule has 0 saturated heterocycles. The van der Waals surface area contributed by atoms with E-state index in [1.165, 1.54) is 18.5 Å². The summed E-state index contributed by atoms with van der Waals surface area (Å²) in [5.41, 5.74) is 1.17. The molecule has 1 saturated carbocycles. The molecule has 0 aliphatic heterocycles. The number of hydrogen-bond donors (Lipinski definition) is 0. The van der Waals surface area contributed by atoms with Gasteiger partial charge in [-0.1, -0.05) is 6.92 Å². The number of hydrogen-bond acceptors (Lipinski definition) is 2. The second kappa shape index (κ2) is 2.61. The molecule has 0 radical (unpaired) electrons. The Balaban J connectivity index is 2.17. The lowest BCUT2D eigenvalue weighted by Gasteiger charge is -2.32. The van der Waals surface area contributed by atoms with Crippen LogP contribution in [-0.2, 0) is 0 Å². The molecule has 2 nitrogen and oxygen atoms in total. The van der Waals surface area contributed by atoms with Crippen molar-refractivity contribution in [3.63, 3.8) is 0 Å². The molecule has 0 aromatic carbocycles. The van der Waals surface area contributed by atoms with Crippen LogP contribution < -0.4 is 0 Å². The van der Waals surface area contributed by atoms with E-state index >= 15 is 0 Å². The Labute approximate surface area is 66.7 Å². The fourth-order valence-electron chi connectivity index (χ4n) is 1.61. The predicted molar refractivity (Wildman–Crippen MR) is 43.2 cm³/mol. The van der Waals surface area contributed by atoms with E-state index in [9.17, 15) is 0 Å². The Hall–Kier alpha value is -0.920. The molecule has 0 spiro atoms. The maximum atomic E-state index is 4.29. The van der Waals surface area contributed by atoms with Crippen LogP contribution in [0.4, 0.5) is 0 Å². The summed E-state index contributed by atoms with van der Waals surface area (Å²) in [7, 11) is 0. The van der Waals surface area contributed by atoms with Crippen LogP contribution in [0.15, 0.2) is 18.6 Å². The summed E-state index contributed by atoms with van der Waals surface area (Å²) in [5, 5.41) is 0. The summed E-state index contributed by atoms with van der Waals surface area (Å²) in [4.78, 5) is 8.35. The fraction of sp³-hybridized carbons (Fsp3) is 0.556. The number of rotatable bonds is 1. The molecule has 1 fully saturated rings. The van der Waals surface area contributed by atoms with Gasteiger partial charge >= 0.3 is 0 Å². The van der Waals surface area contributed by atoms with Gasteiger partial charge in [-0.2, -0.15) is 0 Å². The summed E-state index contributed by atoms with van der Waals surface area (Å²) in [6, 6.07) is 0. The van der Waals surface area contributed by atoms with Crippen molar-refractivity contribution < 1.29 is 0 Å². The Bertz CT molecular complexity index is 233. The molecule has 0 bridgehead atoms. The van der Waals surface area contributed by atoms with Gasteiger partial charge in [-0.3, -0.25) is 9.97 Å². The highest BCUT2D eigenvalue weighted by atomic mass is 14.8. The second-order valence-electron chi connectivity index (χ2n) is 3.29. The Kier molecular flexibility index (Phi) is 1.60. The van der Waals surface area contributed by atoms with Crippen LogP contribution in [0.2, 0.25) is 0 Å². The van der Waals surface area contributed by atoms with Crippen LogP contribution in [0.5, 0.6) is 0 Å². The van der Waals surface area contributed by atoms with Gasteiger partial charge in [0.25, 0.3) is 0 Å². The topological polar surface area (TPSA) is 25.8 Å². The summed E-state index contributed by atoms with van der Waals surface area (Å²) >= 11 is 0. The van der Waals surface area contributed by atoms with Gasteiger partial charge < -0.3 is 0 Å². The monoisotopic (exact) mass is 148 g/mol. The van der Waals surface area contributed by atoms with E-state index in [0.29, 0.717) is 5.92 Å². The van der Waals surface area contributed by atoms with E-state index in [1.807, 2.05) is 6.20 Å². The van der Waals surface area contributed by atoms with Gasteiger partial charge in [0.05, 0.1) is 5.69 Å². The minimum Gasteiger partial charge on any atom is -0.261 e. The standard InChI is InChI=1S/C9H12N2/c1-7-2-3-8(7)9-6-10-4-5-11-9/h4-8H,2-3H2,1H3. The molecule has 2 atom stereocenters. The SMILES string of the molecule is CC1CCC1c1cnccn1. The predicted octanol–water partition coefficient (Wildman–Crippen LogP) is 1.99. The van der Waals surface area contributed by atoms with Crippen molar-refractivity contribution in [2.45, 2.75) is 25.7 Å². The molecule has 1 heterocycles. The van der Waals surface area contributed by atoms with E-state index in [2.05, 4.69) is 16.9 Å². The van der Waals surface area contributed by atoms with Crippen LogP contribution in [0.1, 0.15) is 31.4 Å². The molecule has 1 aromatic heterocycles. The van der Waals surface area contributed by atoms with Gasteiger partial charge in [-0.15, -0.1) is 0 Å². The van der Waals surface area contributed by atoms with Crippen molar-refractivity contribution in [3.05, 3.63) is 24.3 Å². The molecule has 1 aliphatic rings. The number of aromatic nitrogens is 2. The van der Waals surface area contributed by atoms with Gasteiger partial charge in [-0.05, 0) is 18.8 Å². The third-order valence-electron chi connectivity index (χ3n) is 2.58. The molecule has 2 unspecified atom stereocenters. The molecule has 2 heteroatoms. The quantitative estimate of drug-likeness (QED) is 0.608. The van der Waals surface area contributed by atoms with Gasteiger partial charge in [0.1, 0.15) is 0 Å². The lowest BCUT2D eigenvalue weighted by Crippen LogP contribution is -2.21. The zero-order valence-corrected chi connectivity index (χ0v) is 6.70. The highest BCUT2D eigenvalue weighted by Gasteiger charge is 2.28. The van der Waals surface area contributed by atoms with Crippen LogP contribution >= 0.6 is 0 Å². The summed E-state index contributed by atoms with van der Waals surface area (Å²) in [6.07, 6.45) is 8.04. The average Bonchev–Trinajstić information content (AvgIpc) is 2.04. The fourth-order valence-corrected chi connectivity index (χ4v) is 1.61. The van der Waals surface area contributed by atoms with Gasteiger partial charge in [0.15, 0.2) is 0 Å². The van der Waals surface area contributed by atoms with E-state index in [4.69, 9.17) is 0 Å². The first kappa shape index (κ1) is 6.77. The second-order valence-corrected chi connectivity index (χ2v) is 3.29. The summed E-state index contributed by atoms with van der Waals surface area (Å²) < 4.78 is 0. The Morgan fingerprint density at radius 2 is 2.27 bits per heavy atom. The van der Waals surface area contributed by atoms with Crippen LogP contribution in [0.25, 0.3) is 0 Å². The van der Waals surface area contributed by atoms with Gasteiger partial charge in [-0.25, -0.2) is 0 Å². The first-order valence-corrected chi connectivity index (χ1v) is 4.14. The first-order valence-electron chi connectivity index (χ1n) is 4.14. The lowest BCUT2D eigenvalue weighted by molar-refractivity contribution is 0.274. The molecule has 2 rings (SSSR count). The van der Waals surface area contributed by atoms with Gasteiger partial charge in [0, 0.05) is 24.5 Å². The van der Waals surface area contributed by atoms with Crippen molar-refractivity contribution in [2.75, 3.05) is 0 Å². The maximum Gasteiger partial charge on any atom is 0.0620 e. The first-order chi connectivity index (χ1) is 5.38. The van der Waals surface area contributed by atoms with Crippen LogP contribution in [0.3, 0.4) is 0 Å². The Morgan fingerprint density at radius 3 is 2.73 bits per heavy atom. The lowest BCUT2D eigenvalue weighted by atomic mass is 9.73. The molecule has 11 heavy (non-hydrogen) atoms. The van der Waals surface area contributed by atoms with Crippen molar-refractivity contribution in [1.82, 2.24) is 9.97 Å². The van der Waals surface area contributed by atoms with Crippen molar-refractivity contribution in [1.29, 1.82) is 0 Å². The van der Waals surface area contributed by atoms with E-state index in [1.54, 1.807) is 12.4 Å². The molecule has 1 aromatic rings. The Morgan fingerprint density at radius 1 is 1.36 bits per heavy atom. The van der Waals surface area contributed by atoms with Crippen LogP contribution in [-0.4, -0.2) is 9.97 Å². The van der Waals surface area contributed by atoms with Crippen molar-refractivity contribution in [3.8, 4) is 0 Å². The largest absolute Gasteiger partial charge is 0.261 e. The molecular weight excluding hydrogens is 136 g/mol.